The predicted molar refractivity (Wildman–Crippen MR) is 73.4 cm³/mol. The Labute approximate surface area is 113 Å². The van der Waals surface area contributed by atoms with E-state index in [4.69, 9.17) is 8.92 Å². The fourth-order valence-electron chi connectivity index (χ4n) is 1.46. The third kappa shape index (κ3) is 3.66. The molecule has 0 fully saturated rings. The number of hydrogen-bond donors (Lipinski definition) is 0. The number of benzene rings is 1. The van der Waals surface area contributed by atoms with Crippen molar-refractivity contribution in [1.29, 1.82) is 0 Å². The summed E-state index contributed by atoms with van der Waals surface area (Å²) >= 11 is 0.307. The van der Waals surface area contributed by atoms with E-state index < -0.39 is 11.1 Å². The van der Waals surface area contributed by atoms with Gasteiger partial charge in [0.1, 0.15) is 5.75 Å². The van der Waals surface area contributed by atoms with Gasteiger partial charge in [-0.1, -0.05) is 0 Å². The zero-order chi connectivity index (χ0) is 12.8. The molecule has 1 aromatic heterocycles. The molecule has 0 saturated carbocycles. The van der Waals surface area contributed by atoms with Gasteiger partial charge in [0.15, 0.2) is 11.1 Å². The lowest BCUT2D eigenvalue weighted by molar-refractivity contribution is 0.322. The lowest BCUT2D eigenvalue weighted by atomic mass is 10.2. The Morgan fingerprint density at radius 1 is 1.22 bits per heavy atom. The van der Waals surface area contributed by atoms with Gasteiger partial charge >= 0.3 is 0 Å². The van der Waals surface area contributed by atoms with Gasteiger partial charge in [-0.05, 0) is 46.7 Å². The fourth-order valence-corrected chi connectivity index (χ4v) is 2.72. The van der Waals surface area contributed by atoms with E-state index in [1.54, 1.807) is 35.6 Å². The van der Waals surface area contributed by atoms with Crippen LogP contribution in [0.4, 0.5) is 0 Å². The van der Waals surface area contributed by atoms with Gasteiger partial charge in [0.05, 0.1) is 18.6 Å². The maximum absolute atomic E-state index is 11.3. The van der Waals surface area contributed by atoms with Crippen molar-refractivity contribution in [3.8, 4) is 5.75 Å². The highest BCUT2D eigenvalue weighted by molar-refractivity contribution is 7.80. The summed E-state index contributed by atoms with van der Waals surface area (Å²) in [7, 11) is 1.42. The van der Waals surface area contributed by atoms with Gasteiger partial charge in [-0.3, -0.25) is 4.18 Å². The van der Waals surface area contributed by atoms with Crippen LogP contribution in [0.5, 0.6) is 5.75 Å². The number of rotatable bonds is 6. The Morgan fingerprint density at radius 2 is 2.00 bits per heavy atom. The Hall–Kier alpha value is -1.17. The van der Waals surface area contributed by atoms with Crippen LogP contribution in [0.25, 0.3) is 0 Å². The second-order valence-electron chi connectivity index (χ2n) is 3.60. The van der Waals surface area contributed by atoms with Crippen LogP contribution in [-0.4, -0.2) is 17.9 Å². The molecule has 0 spiro atoms. The fraction of sp³-hybridized carbons (Fsp3) is 0.231. The first-order valence-electron chi connectivity index (χ1n) is 5.50. The molecule has 0 N–H and O–H groups in total. The lowest BCUT2D eigenvalue weighted by Gasteiger charge is -2.06. The van der Waals surface area contributed by atoms with Gasteiger partial charge in [-0.15, -0.1) is 0 Å². The van der Waals surface area contributed by atoms with Crippen molar-refractivity contribution in [2.75, 3.05) is 13.7 Å². The molecule has 2 rings (SSSR count). The minimum atomic E-state index is -1.38. The molecule has 0 aliphatic heterocycles. The molecule has 2 aromatic rings. The first-order valence-corrected chi connectivity index (χ1v) is 7.51. The molecule has 0 radical (unpaired) electrons. The Kier molecular flexibility index (Phi) is 4.92. The third-order valence-electron chi connectivity index (χ3n) is 2.41. The second kappa shape index (κ2) is 6.68. The number of thiophene rings is 1. The molecule has 5 heteroatoms. The van der Waals surface area contributed by atoms with Gasteiger partial charge in [-0.25, -0.2) is 4.21 Å². The molecule has 18 heavy (non-hydrogen) atoms. The molecular weight excluding hydrogens is 268 g/mol. The van der Waals surface area contributed by atoms with Crippen molar-refractivity contribution in [2.45, 2.75) is 11.3 Å². The summed E-state index contributed by atoms with van der Waals surface area (Å²) < 4.78 is 21.7. The molecule has 1 unspecified atom stereocenters. The predicted octanol–water partition coefficient (Wildman–Crippen LogP) is 3.04. The van der Waals surface area contributed by atoms with E-state index in [1.165, 1.54) is 12.7 Å². The van der Waals surface area contributed by atoms with Crippen LogP contribution in [0.15, 0.2) is 46.0 Å². The molecule has 96 valence electrons. The van der Waals surface area contributed by atoms with Gasteiger partial charge in [0, 0.05) is 6.42 Å². The first kappa shape index (κ1) is 13.3. The maximum atomic E-state index is 11.3. The Balaban J connectivity index is 1.85. The quantitative estimate of drug-likeness (QED) is 0.817. The molecule has 1 heterocycles. The smallest absolute Gasteiger partial charge is 0.188 e. The summed E-state index contributed by atoms with van der Waals surface area (Å²) in [4.78, 5) is 0.641. The summed E-state index contributed by atoms with van der Waals surface area (Å²) in [5.41, 5.74) is 1.29. The van der Waals surface area contributed by atoms with Crippen LogP contribution in [-0.2, 0) is 21.7 Å². The molecule has 0 amide bonds. The van der Waals surface area contributed by atoms with E-state index in [0.717, 1.165) is 12.2 Å². The minimum Gasteiger partial charge on any atom is -0.493 e. The topological polar surface area (TPSA) is 35.5 Å². The first-order chi connectivity index (χ1) is 8.79. The van der Waals surface area contributed by atoms with E-state index in [0.29, 0.717) is 11.5 Å². The van der Waals surface area contributed by atoms with Crippen LogP contribution in [0.3, 0.4) is 0 Å². The molecule has 1 atom stereocenters. The zero-order valence-electron chi connectivity index (χ0n) is 10.00. The highest BCUT2D eigenvalue weighted by Crippen LogP contribution is 2.15. The average Bonchev–Trinajstić information content (AvgIpc) is 2.92. The van der Waals surface area contributed by atoms with Crippen molar-refractivity contribution in [1.82, 2.24) is 0 Å². The van der Waals surface area contributed by atoms with Crippen LogP contribution in [0.2, 0.25) is 0 Å². The summed E-state index contributed by atoms with van der Waals surface area (Å²) in [6.45, 7) is 0.642. The van der Waals surface area contributed by atoms with Crippen LogP contribution in [0, 0.1) is 0 Å². The van der Waals surface area contributed by atoms with E-state index in [2.05, 4.69) is 16.8 Å². The SMILES string of the molecule is COS(=O)c1ccc(OCCc2ccsc2)cc1. The normalized spacial score (nSPS) is 12.3. The highest BCUT2D eigenvalue weighted by atomic mass is 32.2. The van der Waals surface area contributed by atoms with E-state index >= 15 is 0 Å². The molecule has 0 aliphatic rings. The molecule has 3 nitrogen and oxygen atoms in total. The van der Waals surface area contributed by atoms with Crippen LogP contribution in [0.1, 0.15) is 5.56 Å². The monoisotopic (exact) mass is 282 g/mol. The highest BCUT2D eigenvalue weighted by Gasteiger charge is 2.02. The van der Waals surface area contributed by atoms with E-state index in [1.807, 2.05) is 0 Å². The Bertz CT molecular complexity index is 491. The third-order valence-corrected chi connectivity index (χ3v) is 4.10. The standard InChI is InChI=1S/C13H14O3S2/c1-15-18(14)13-4-2-12(3-5-13)16-8-6-11-7-9-17-10-11/h2-5,7,9-10H,6,8H2,1H3. The number of hydrogen-bond acceptors (Lipinski definition) is 4. The molecule has 1 aromatic carbocycles. The zero-order valence-corrected chi connectivity index (χ0v) is 11.6. The van der Waals surface area contributed by atoms with E-state index in [9.17, 15) is 4.21 Å². The average molecular weight is 282 g/mol. The molecule has 0 bridgehead atoms. The maximum Gasteiger partial charge on any atom is 0.188 e. The van der Waals surface area contributed by atoms with Crippen molar-refractivity contribution in [3.05, 3.63) is 46.7 Å². The Morgan fingerprint density at radius 3 is 2.61 bits per heavy atom. The summed E-state index contributed by atoms with van der Waals surface area (Å²) in [6.07, 6.45) is 0.898. The van der Waals surface area contributed by atoms with Gasteiger partial charge < -0.3 is 4.74 Å². The second-order valence-corrected chi connectivity index (χ2v) is 5.66. The molecule has 0 saturated heterocycles. The van der Waals surface area contributed by atoms with Crippen LogP contribution >= 0.6 is 11.3 Å². The summed E-state index contributed by atoms with van der Waals surface area (Å²) in [5.74, 6) is 0.780. The van der Waals surface area contributed by atoms with Gasteiger partial charge in [-0.2, -0.15) is 11.3 Å². The van der Waals surface area contributed by atoms with E-state index in [-0.39, 0.29) is 0 Å². The van der Waals surface area contributed by atoms with Crippen molar-refractivity contribution in [3.63, 3.8) is 0 Å². The van der Waals surface area contributed by atoms with Crippen molar-refractivity contribution < 1.29 is 13.1 Å². The van der Waals surface area contributed by atoms with Gasteiger partial charge in [0.2, 0.25) is 0 Å². The lowest BCUT2D eigenvalue weighted by Crippen LogP contribution is -2.00. The van der Waals surface area contributed by atoms with Crippen LogP contribution < -0.4 is 4.74 Å². The van der Waals surface area contributed by atoms with Crippen molar-refractivity contribution in [2.24, 2.45) is 0 Å². The van der Waals surface area contributed by atoms with Crippen molar-refractivity contribution >= 4 is 22.4 Å². The molecular formula is C13H14O3S2. The minimum absolute atomic E-state index is 0.641. The number of ether oxygens (including phenoxy) is 1. The van der Waals surface area contributed by atoms with Gasteiger partial charge in [0.25, 0.3) is 0 Å². The largest absolute Gasteiger partial charge is 0.493 e. The summed E-state index contributed by atoms with van der Waals surface area (Å²) in [5, 5.41) is 4.18. The summed E-state index contributed by atoms with van der Waals surface area (Å²) in [6, 6.07) is 9.21. The molecule has 0 aliphatic carbocycles.